The Labute approximate surface area is 151 Å². The van der Waals surface area contributed by atoms with Crippen LogP contribution < -0.4 is 10.1 Å². The molecule has 0 amide bonds. The van der Waals surface area contributed by atoms with Crippen LogP contribution in [0.1, 0.15) is 30.5 Å². The van der Waals surface area contributed by atoms with Crippen molar-refractivity contribution in [2.24, 2.45) is 5.92 Å². The summed E-state index contributed by atoms with van der Waals surface area (Å²) >= 11 is 1.44. The average Bonchev–Trinajstić information content (AvgIpc) is 3.27. The Balaban J connectivity index is 1.46. The number of methoxy groups -OCH3 is 1. The van der Waals surface area contributed by atoms with E-state index in [4.69, 9.17) is 9.72 Å². The van der Waals surface area contributed by atoms with Crippen LogP contribution in [0.2, 0.25) is 0 Å². The van der Waals surface area contributed by atoms with E-state index in [1.165, 1.54) is 36.4 Å². The van der Waals surface area contributed by atoms with Crippen molar-refractivity contribution in [2.45, 2.75) is 38.6 Å². The van der Waals surface area contributed by atoms with E-state index >= 15 is 0 Å². The van der Waals surface area contributed by atoms with Crippen LogP contribution in [0.4, 0.5) is 5.82 Å². The lowest BCUT2D eigenvalue weighted by Crippen LogP contribution is -2.17. The second-order valence-electron chi connectivity index (χ2n) is 6.83. The first-order chi connectivity index (χ1) is 12.2. The van der Waals surface area contributed by atoms with Gasteiger partial charge in [-0.05, 0) is 79.9 Å². The summed E-state index contributed by atoms with van der Waals surface area (Å²) in [4.78, 5) is 4.79. The summed E-state index contributed by atoms with van der Waals surface area (Å²) in [6.45, 7) is 2.13. The maximum absolute atomic E-state index is 5.32. The Bertz CT molecular complexity index is 865. The second kappa shape index (κ2) is 6.96. The molecule has 0 radical (unpaired) electrons. The quantitative estimate of drug-likeness (QED) is 0.743. The highest BCUT2D eigenvalue weighted by Crippen LogP contribution is 2.31. The van der Waals surface area contributed by atoms with E-state index in [1.807, 2.05) is 12.1 Å². The summed E-state index contributed by atoms with van der Waals surface area (Å²) in [5, 5.41) is 11.0. The molecule has 1 aromatic carbocycles. The molecule has 1 fully saturated rings. The highest BCUT2D eigenvalue weighted by Gasteiger charge is 2.25. The number of hydrogen-bond donors (Lipinski definition) is 1. The minimum Gasteiger partial charge on any atom is -0.497 e. The minimum absolute atomic E-state index is 0.485. The molecule has 0 saturated heterocycles. The molecule has 4 rings (SSSR count). The highest BCUT2D eigenvalue weighted by atomic mass is 32.1. The van der Waals surface area contributed by atoms with Gasteiger partial charge < -0.3 is 10.1 Å². The van der Waals surface area contributed by atoms with Crippen LogP contribution in [0, 0.1) is 12.8 Å². The first-order valence-electron chi connectivity index (χ1n) is 8.69. The van der Waals surface area contributed by atoms with Crippen LogP contribution in [-0.4, -0.2) is 27.7 Å². The van der Waals surface area contributed by atoms with Gasteiger partial charge in [-0.25, -0.2) is 4.98 Å². The van der Waals surface area contributed by atoms with Crippen molar-refractivity contribution in [3.63, 3.8) is 0 Å². The fourth-order valence-corrected chi connectivity index (χ4v) is 4.21. The van der Waals surface area contributed by atoms with Gasteiger partial charge in [0.25, 0.3) is 0 Å². The molecule has 5 nitrogen and oxygen atoms in total. The first-order valence-corrected chi connectivity index (χ1v) is 9.53. The Hall–Kier alpha value is -2.21. The number of aromatic nitrogens is 3. The van der Waals surface area contributed by atoms with Gasteiger partial charge in [-0.2, -0.15) is 0 Å². The molecule has 2 aromatic heterocycles. The van der Waals surface area contributed by atoms with E-state index in [-0.39, 0.29) is 0 Å². The van der Waals surface area contributed by atoms with Crippen LogP contribution in [0.3, 0.4) is 0 Å². The minimum atomic E-state index is 0.485. The molecule has 0 bridgehead atoms. The van der Waals surface area contributed by atoms with Gasteiger partial charge in [-0.1, -0.05) is 4.49 Å². The van der Waals surface area contributed by atoms with Gasteiger partial charge >= 0.3 is 0 Å². The fourth-order valence-electron chi connectivity index (χ4n) is 3.74. The fraction of sp³-hybridized carbons (Fsp3) is 0.421. The number of anilines is 1. The summed E-state index contributed by atoms with van der Waals surface area (Å²) in [7, 11) is 1.69. The normalized spacial score (nSPS) is 20.1. The SMILES string of the molecule is COc1ccc2nc(N[C@H]3CC[C@H](Cc4csnn4)C3)cc(C)c2c1. The van der Waals surface area contributed by atoms with Crippen LogP contribution in [0.25, 0.3) is 10.9 Å². The number of benzene rings is 1. The Morgan fingerprint density at radius 3 is 3.00 bits per heavy atom. The molecule has 0 unspecified atom stereocenters. The third-order valence-corrected chi connectivity index (χ3v) is 5.57. The van der Waals surface area contributed by atoms with Crippen molar-refractivity contribution in [1.82, 2.24) is 14.6 Å². The number of fused-ring (bicyclic) bond motifs is 1. The summed E-state index contributed by atoms with van der Waals surface area (Å²) in [5.41, 5.74) is 3.35. The van der Waals surface area contributed by atoms with E-state index in [0.717, 1.165) is 34.6 Å². The number of pyridine rings is 1. The largest absolute Gasteiger partial charge is 0.497 e. The zero-order chi connectivity index (χ0) is 17.2. The lowest BCUT2D eigenvalue weighted by Gasteiger charge is -2.15. The maximum atomic E-state index is 5.32. The molecular formula is C19H22N4OS. The molecule has 1 aliphatic carbocycles. The van der Waals surface area contributed by atoms with Crippen LogP contribution in [-0.2, 0) is 6.42 Å². The molecule has 2 heterocycles. The van der Waals surface area contributed by atoms with Crippen LogP contribution in [0.15, 0.2) is 29.6 Å². The summed E-state index contributed by atoms with van der Waals surface area (Å²) in [6.07, 6.45) is 4.63. The van der Waals surface area contributed by atoms with Crippen molar-refractivity contribution in [2.75, 3.05) is 12.4 Å². The van der Waals surface area contributed by atoms with E-state index < -0.39 is 0 Å². The Kier molecular flexibility index (Phi) is 4.53. The molecule has 1 saturated carbocycles. The Morgan fingerprint density at radius 2 is 2.20 bits per heavy atom. The van der Waals surface area contributed by atoms with Crippen LogP contribution in [0.5, 0.6) is 5.75 Å². The zero-order valence-corrected chi connectivity index (χ0v) is 15.3. The number of aryl methyl sites for hydroxylation is 1. The number of rotatable bonds is 5. The van der Waals surface area contributed by atoms with Gasteiger partial charge in [0.2, 0.25) is 0 Å². The van der Waals surface area contributed by atoms with Crippen molar-refractivity contribution in [1.29, 1.82) is 0 Å². The molecule has 130 valence electrons. The zero-order valence-electron chi connectivity index (χ0n) is 14.5. The molecule has 0 aliphatic heterocycles. The monoisotopic (exact) mass is 354 g/mol. The molecular weight excluding hydrogens is 332 g/mol. The molecule has 25 heavy (non-hydrogen) atoms. The highest BCUT2D eigenvalue weighted by molar-refractivity contribution is 7.03. The average molecular weight is 354 g/mol. The van der Waals surface area contributed by atoms with Crippen LogP contribution >= 0.6 is 11.5 Å². The summed E-state index contributed by atoms with van der Waals surface area (Å²) in [6, 6.07) is 8.67. The van der Waals surface area contributed by atoms with Crippen molar-refractivity contribution in [3.05, 3.63) is 40.9 Å². The number of hydrogen-bond acceptors (Lipinski definition) is 6. The third kappa shape index (κ3) is 3.58. The second-order valence-corrected chi connectivity index (χ2v) is 7.44. The molecule has 6 heteroatoms. The third-order valence-electron chi connectivity index (χ3n) is 5.02. The summed E-state index contributed by atoms with van der Waals surface area (Å²) in [5.74, 6) is 2.52. The number of nitrogens with zero attached hydrogens (tertiary/aromatic N) is 3. The predicted molar refractivity (Wildman–Crippen MR) is 101 cm³/mol. The van der Waals surface area contributed by atoms with E-state index in [0.29, 0.717) is 12.0 Å². The van der Waals surface area contributed by atoms with E-state index in [1.54, 1.807) is 7.11 Å². The van der Waals surface area contributed by atoms with Gasteiger partial charge in [0.1, 0.15) is 11.6 Å². The Morgan fingerprint density at radius 1 is 1.28 bits per heavy atom. The van der Waals surface area contributed by atoms with E-state index in [9.17, 15) is 0 Å². The summed E-state index contributed by atoms with van der Waals surface area (Å²) < 4.78 is 9.28. The molecule has 3 aromatic rings. The van der Waals surface area contributed by atoms with Crippen molar-refractivity contribution >= 4 is 28.3 Å². The van der Waals surface area contributed by atoms with E-state index in [2.05, 4.69) is 39.3 Å². The predicted octanol–water partition coefficient (Wildman–Crippen LogP) is 4.23. The molecule has 2 atom stereocenters. The number of nitrogens with one attached hydrogen (secondary N) is 1. The first kappa shape index (κ1) is 16.3. The van der Waals surface area contributed by atoms with Gasteiger partial charge in [0, 0.05) is 16.8 Å². The topological polar surface area (TPSA) is 59.9 Å². The van der Waals surface area contributed by atoms with Gasteiger partial charge in [0.05, 0.1) is 18.3 Å². The number of ether oxygens (including phenoxy) is 1. The van der Waals surface area contributed by atoms with Gasteiger partial charge in [-0.15, -0.1) is 5.10 Å². The molecule has 1 aliphatic rings. The standard InChI is InChI=1S/C19H22N4OS/c1-12-7-19(21-18-6-5-16(24-2)10-17(12)18)20-14-4-3-13(8-14)9-15-11-25-23-22-15/h5-7,10-11,13-14H,3-4,8-9H2,1-2H3,(H,20,21)/t13-,14-/m0/s1. The smallest absolute Gasteiger partial charge is 0.127 e. The van der Waals surface area contributed by atoms with Gasteiger partial charge in [0.15, 0.2) is 0 Å². The van der Waals surface area contributed by atoms with Gasteiger partial charge in [-0.3, -0.25) is 0 Å². The molecule has 1 N–H and O–H groups in total. The van der Waals surface area contributed by atoms with Crippen molar-refractivity contribution in [3.8, 4) is 5.75 Å². The van der Waals surface area contributed by atoms with Crippen molar-refractivity contribution < 1.29 is 4.74 Å². The lowest BCUT2D eigenvalue weighted by molar-refractivity contribution is 0.415. The maximum Gasteiger partial charge on any atom is 0.127 e. The molecule has 0 spiro atoms. The lowest BCUT2D eigenvalue weighted by atomic mass is 10.0.